The van der Waals surface area contributed by atoms with Gasteiger partial charge < -0.3 is 4.90 Å². The summed E-state index contributed by atoms with van der Waals surface area (Å²) in [6.45, 7) is 2.80. The Morgan fingerprint density at radius 2 is 1.92 bits per heavy atom. The largest absolute Gasteiger partial charge is 0.311 e. The van der Waals surface area contributed by atoms with Gasteiger partial charge in [0.05, 0.1) is 11.4 Å². The molecule has 2 heterocycles. The van der Waals surface area contributed by atoms with Gasteiger partial charge in [0.15, 0.2) is 8.29 Å². The molecule has 3 aromatic rings. The minimum absolute atomic E-state index is 0.114. The lowest BCUT2D eigenvalue weighted by Gasteiger charge is -2.16. The highest BCUT2D eigenvalue weighted by molar-refractivity contribution is 8.01. The highest BCUT2D eigenvalue weighted by atomic mass is 32.2. The van der Waals surface area contributed by atoms with Gasteiger partial charge in [0, 0.05) is 12.2 Å². The van der Waals surface area contributed by atoms with Crippen molar-refractivity contribution in [1.29, 1.82) is 0 Å². The molecule has 1 aliphatic rings. The predicted molar refractivity (Wildman–Crippen MR) is 110 cm³/mol. The van der Waals surface area contributed by atoms with Crippen LogP contribution in [-0.4, -0.2) is 28.0 Å². The lowest BCUT2D eigenvalue weighted by atomic mass is 10.2. The molecule has 7 heteroatoms. The Labute approximate surface area is 165 Å². The summed E-state index contributed by atoms with van der Waals surface area (Å²) in [5.41, 5.74) is 4.39. The van der Waals surface area contributed by atoms with E-state index in [2.05, 4.69) is 11.2 Å². The van der Waals surface area contributed by atoms with Gasteiger partial charge in [-0.05, 0) is 48.8 Å². The number of para-hydroxylation sites is 2. The van der Waals surface area contributed by atoms with Crippen LogP contribution in [0.25, 0.3) is 5.69 Å². The Hall–Kier alpha value is -1.96. The topological polar surface area (TPSA) is 38.1 Å². The van der Waals surface area contributed by atoms with E-state index in [1.165, 1.54) is 28.7 Å². The molecular weight excluding hydrogens is 382 g/mol. The minimum Gasteiger partial charge on any atom is -0.311 e. The van der Waals surface area contributed by atoms with Crippen LogP contribution in [-0.2, 0) is 11.2 Å². The molecule has 26 heavy (non-hydrogen) atoms. The summed E-state index contributed by atoms with van der Waals surface area (Å²) in [5, 5.41) is 4.61. The van der Waals surface area contributed by atoms with Crippen molar-refractivity contribution in [3.63, 3.8) is 0 Å². The van der Waals surface area contributed by atoms with Crippen LogP contribution in [0.4, 0.5) is 5.69 Å². The van der Waals surface area contributed by atoms with Crippen molar-refractivity contribution in [3.05, 3.63) is 63.6 Å². The number of hydrogen-bond acceptors (Lipinski definition) is 5. The van der Waals surface area contributed by atoms with Crippen molar-refractivity contribution in [1.82, 2.24) is 9.78 Å². The van der Waals surface area contributed by atoms with Crippen LogP contribution in [0.3, 0.4) is 0 Å². The molecule has 1 amide bonds. The van der Waals surface area contributed by atoms with Crippen molar-refractivity contribution in [3.8, 4) is 5.69 Å². The van der Waals surface area contributed by atoms with E-state index in [-0.39, 0.29) is 5.91 Å². The molecule has 0 spiro atoms. The molecule has 0 saturated carbocycles. The minimum atomic E-state index is 0.114. The van der Waals surface area contributed by atoms with E-state index < -0.39 is 0 Å². The number of thioether (sulfide) groups is 1. The van der Waals surface area contributed by atoms with Crippen molar-refractivity contribution >= 4 is 46.9 Å². The summed E-state index contributed by atoms with van der Waals surface area (Å²) in [6, 6.07) is 16.1. The number of carbonyl (C=O) groups excluding carboxylic acids is 1. The normalized spacial score (nSPS) is 13.0. The molecular formula is C19H17N3OS3. The maximum Gasteiger partial charge on any atom is 0.237 e. The third-order valence-electron chi connectivity index (χ3n) is 4.38. The number of nitrogens with zero attached hydrogens (tertiary/aromatic N) is 3. The Balaban J connectivity index is 1.48. The monoisotopic (exact) mass is 399 g/mol. The van der Waals surface area contributed by atoms with Gasteiger partial charge in [-0.1, -0.05) is 59.5 Å². The van der Waals surface area contributed by atoms with Crippen LogP contribution in [0.2, 0.25) is 0 Å². The van der Waals surface area contributed by atoms with Gasteiger partial charge >= 0.3 is 0 Å². The summed E-state index contributed by atoms with van der Waals surface area (Å²) in [5.74, 6) is 0.480. The van der Waals surface area contributed by atoms with Crippen LogP contribution in [0.15, 0.2) is 52.9 Å². The maximum atomic E-state index is 12.6. The van der Waals surface area contributed by atoms with E-state index in [4.69, 9.17) is 12.2 Å². The lowest BCUT2D eigenvalue weighted by molar-refractivity contribution is -0.116. The van der Waals surface area contributed by atoms with Crippen LogP contribution >= 0.6 is 35.3 Å². The summed E-state index contributed by atoms with van der Waals surface area (Å²) in [4.78, 5) is 14.5. The maximum absolute atomic E-state index is 12.6. The lowest BCUT2D eigenvalue weighted by Crippen LogP contribution is -2.30. The molecule has 0 unspecified atom stereocenters. The molecule has 0 fully saturated rings. The number of carbonyl (C=O) groups is 1. The van der Waals surface area contributed by atoms with Crippen LogP contribution in [0.1, 0.15) is 11.1 Å². The zero-order valence-corrected chi connectivity index (χ0v) is 16.7. The Morgan fingerprint density at radius 3 is 2.73 bits per heavy atom. The van der Waals surface area contributed by atoms with Gasteiger partial charge in [-0.3, -0.25) is 4.79 Å². The summed E-state index contributed by atoms with van der Waals surface area (Å²) < 4.78 is 3.30. The fraction of sp³-hybridized carbons (Fsp3) is 0.211. The molecule has 0 N–H and O–H groups in total. The first-order chi connectivity index (χ1) is 12.6. The van der Waals surface area contributed by atoms with Crippen molar-refractivity contribution in [2.75, 3.05) is 17.2 Å². The second-order valence-electron chi connectivity index (χ2n) is 6.04. The van der Waals surface area contributed by atoms with E-state index in [0.29, 0.717) is 9.71 Å². The number of amides is 1. The van der Waals surface area contributed by atoms with Gasteiger partial charge in [0.25, 0.3) is 0 Å². The van der Waals surface area contributed by atoms with E-state index in [1.807, 2.05) is 54.3 Å². The molecule has 0 aliphatic carbocycles. The quantitative estimate of drug-likeness (QED) is 0.473. The van der Waals surface area contributed by atoms with Gasteiger partial charge in [-0.2, -0.15) is 0 Å². The molecule has 132 valence electrons. The summed E-state index contributed by atoms with van der Waals surface area (Å²) >= 11 is 8.37. The second kappa shape index (κ2) is 7.34. The number of hydrogen-bond donors (Lipinski definition) is 0. The van der Waals surface area contributed by atoms with E-state index in [1.54, 1.807) is 4.68 Å². The highest BCUT2D eigenvalue weighted by Crippen LogP contribution is 2.30. The number of anilines is 1. The Kier molecular flexibility index (Phi) is 4.93. The number of fused-ring (bicyclic) bond motifs is 1. The van der Waals surface area contributed by atoms with E-state index in [9.17, 15) is 4.79 Å². The number of rotatable bonds is 4. The van der Waals surface area contributed by atoms with Crippen molar-refractivity contribution in [2.45, 2.75) is 17.7 Å². The molecule has 1 aliphatic heterocycles. The SMILES string of the molecule is Cc1ccccc1-n1nc(SCC(=O)N2CCc3ccccc32)sc1=S. The third kappa shape index (κ3) is 3.34. The van der Waals surface area contributed by atoms with Gasteiger partial charge in [0.2, 0.25) is 5.91 Å². The predicted octanol–water partition coefficient (Wildman–Crippen LogP) is 4.65. The Morgan fingerprint density at radius 1 is 1.19 bits per heavy atom. The first-order valence-electron chi connectivity index (χ1n) is 8.31. The number of benzene rings is 2. The molecule has 0 bridgehead atoms. The number of aromatic nitrogens is 2. The first kappa shape index (κ1) is 17.5. The fourth-order valence-electron chi connectivity index (χ4n) is 3.07. The molecule has 4 rings (SSSR count). The molecule has 0 atom stereocenters. The van der Waals surface area contributed by atoms with Gasteiger partial charge in [-0.25, -0.2) is 4.68 Å². The third-order valence-corrected chi connectivity index (χ3v) is 6.73. The summed E-state index contributed by atoms with van der Waals surface area (Å²) in [7, 11) is 0. The Bertz CT molecular complexity index is 1020. The zero-order chi connectivity index (χ0) is 18.1. The zero-order valence-electron chi connectivity index (χ0n) is 14.2. The molecule has 4 nitrogen and oxygen atoms in total. The summed E-state index contributed by atoms with van der Waals surface area (Å²) in [6.07, 6.45) is 0.924. The van der Waals surface area contributed by atoms with E-state index >= 15 is 0 Å². The molecule has 2 aromatic carbocycles. The standard InChI is InChI=1S/C19H17N3OS3/c1-13-6-2-4-8-15(13)22-19(24)26-18(20-22)25-12-17(23)21-11-10-14-7-3-5-9-16(14)21/h2-9H,10-12H2,1H3. The molecule has 0 saturated heterocycles. The highest BCUT2D eigenvalue weighted by Gasteiger charge is 2.24. The molecule has 0 radical (unpaired) electrons. The van der Waals surface area contributed by atoms with Crippen LogP contribution < -0.4 is 4.90 Å². The average molecular weight is 400 g/mol. The average Bonchev–Trinajstić information content (AvgIpc) is 3.24. The van der Waals surface area contributed by atoms with Crippen molar-refractivity contribution in [2.24, 2.45) is 0 Å². The first-order valence-corrected chi connectivity index (χ1v) is 10.5. The van der Waals surface area contributed by atoms with Gasteiger partial charge in [0.1, 0.15) is 0 Å². The van der Waals surface area contributed by atoms with E-state index in [0.717, 1.165) is 34.2 Å². The van der Waals surface area contributed by atoms with Crippen LogP contribution in [0.5, 0.6) is 0 Å². The fourth-order valence-corrected chi connectivity index (χ4v) is 5.29. The van der Waals surface area contributed by atoms with Crippen molar-refractivity contribution < 1.29 is 4.79 Å². The second-order valence-corrected chi connectivity index (χ2v) is 8.89. The number of aryl methyl sites for hydroxylation is 1. The molecule has 1 aromatic heterocycles. The van der Waals surface area contributed by atoms with Crippen LogP contribution in [0, 0.1) is 10.9 Å². The smallest absolute Gasteiger partial charge is 0.237 e. The van der Waals surface area contributed by atoms with Gasteiger partial charge in [-0.15, -0.1) is 5.10 Å².